The lowest BCUT2D eigenvalue weighted by atomic mass is 10.1. The molecule has 1 amide bonds. The number of halogens is 1. The number of hydrogen-bond acceptors (Lipinski definition) is 3. The number of rotatable bonds is 5. The van der Waals surface area contributed by atoms with E-state index >= 15 is 0 Å². The normalized spacial score (nSPS) is 10.7. The summed E-state index contributed by atoms with van der Waals surface area (Å²) in [6.45, 7) is 4.42. The first-order chi connectivity index (χ1) is 12.1. The van der Waals surface area contributed by atoms with Gasteiger partial charge in [-0.3, -0.25) is 4.79 Å². The van der Waals surface area contributed by atoms with Gasteiger partial charge in [-0.1, -0.05) is 51.5 Å². The Hall–Kier alpha value is -2.47. The van der Waals surface area contributed by atoms with Crippen LogP contribution < -0.4 is 5.32 Å². The van der Waals surface area contributed by atoms with Crippen molar-refractivity contribution < 1.29 is 4.79 Å². The molecule has 0 saturated heterocycles. The summed E-state index contributed by atoms with van der Waals surface area (Å²) in [5.74, 6) is -0.200. The van der Waals surface area contributed by atoms with E-state index in [0.717, 1.165) is 27.8 Å². The molecule has 5 nitrogen and oxygen atoms in total. The Morgan fingerprint density at radius 2 is 1.92 bits per heavy atom. The van der Waals surface area contributed by atoms with Gasteiger partial charge < -0.3 is 5.32 Å². The Labute approximate surface area is 155 Å². The molecule has 0 atom stereocenters. The molecule has 0 saturated carbocycles. The molecule has 128 valence electrons. The van der Waals surface area contributed by atoms with Crippen molar-refractivity contribution in [1.82, 2.24) is 20.3 Å². The summed E-state index contributed by atoms with van der Waals surface area (Å²) >= 11 is 3.49. The number of hydrogen-bond donors (Lipinski definition) is 1. The number of carbonyl (C=O) groups is 1. The van der Waals surface area contributed by atoms with E-state index in [2.05, 4.69) is 31.6 Å². The molecule has 0 aliphatic heterocycles. The molecule has 0 aliphatic carbocycles. The van der Waals surface area contributed by atoms with Crippen LogP contribution >= 0.6 is 15.9 Å². The molecule has 3 rings (SSSR count). The quantitative estimate of drug-likeness (QED) is 0.713. The number of nitrogens with zero attached hydrogens (tertiary/aromatic N) is 3. The zero-order chi connectivity index (χ0) is 17.8. The molecule has 0 aliphatic rings. The van der Waals surface area contributed by atoms with Crippen molar-refractivity contribution in [3.05, 3.63) is 75.5 Å². The molecular formula is C19H19BrN4O. The Morgan fingerprint density at radius 1 is 1.16 bits per heavy atom. The van der Waals surface area contributed by atoms with Crippen molar-refractivity contribution in [3.63, 3.8) is 0 Å². The average Bonchev–Trinajstić information content (AvgIpc) is 3.00. The summed E-state index contributed by atoms with van der Waals surface area (Å²) in [6.07, 6.45) is 0.783. The van der Waals surface area contributed by atoms with E-state index in [1.165, 1.54) is 5.56 Å². The lowest BCUT2D eigenvalue weighted by Gasteiger charge is -2.07. The van der Waals surface area contributed by atoms with E-state index in [9.17, 15) is 4.79 Å². The van der Waals surface area contributed by atoms with E-state index in [0.29, 0.717) is 12.2 Å². The third-order valence-electron chi connectivity index (χ3n) is 4.04. The van der Waals surface area contributed by atoms with Crippen LogP contribution in [0.3, 0.4) is 0 Å². The molecule has 6 heteroatoms. The smallest absolute Gasteiger partial charge is 0.273 e. The molecule has 0 spiro atoms. The van der Waals surface area contributed by atoms with Crippen LogP contribution in [0.25, 0.3) is 5.69 Å². The number of nitrogens with one attached hydrogen (secondary N) is 1. The highest BCUT2D eigenvalue weighted by atomic mass is 79.9. The maximum Gasteiger partial charge on any atom is 0.273 e. The Kier molecular flexibility index (Phi) is 5.28. The van der Waals surface area contributed by atoms with E-state index < -0.39 is 0 Å². The van der Waals surface area contributed by atoms with Gasteiger partial charge in [0.15, 0.2) is 5.69 Å². The highest BCUT2D eigenvalue weighted by Gasteiger charge is 2.17. The molecule has 1 aromatic heterocycles. The van der Waals surface area contributed by atoms with Crippen molar-refractivity contribution in [2.24, 2.45) is 0 Å². The van der Waals surface area contributed by atoms with Gasteiger partial charge in [-0.05, 0) is 49.6 Å². The topological polar surface area (TPSA) is 59.8 Å². The molecule has 25 heavy (non-hydrogen) atoms. The monoisotopic (exact) mass is 398 g/mol. The first-order valence-corrected chi connectivity index (χ1v) is 8.86. The highest BCUT2D eigenvalue weighted by molar-refractivity contribution is 9.10. The second-order valence-corrected chi connectivity index (χ2v) is 6.71. The first kappa shape index (κ1) is 17.4. The van der Waals surface area contributed by atoms with Crippen molar-refractivity contribution in [1.29, 1.82) is 0 Å². The number of aromatic nitrogens is 3. The van der Waals surface area contributed by atoms with Crippen molar-refractivity contribution in [2.75, 3.05) is 6.54 Å². The van der Waals surface area contributed by atoms with Crippen LogP contribution in [0.15, 0.2) is 53.0 Å². The summed E-state index contributed by atoms with van der Waals surface area (Å²) in [5.41, 5.74) is 4.25. The number of carbonyl (C=O) groups excluding carboxylic acids is 1. The molecule has 0 bridgehead atoms. The molecule has 1 N–H and O–H groups in total. The van der Waals surface area contributed by atoms with E-state index in [4.69, 9.17) is 0 Å². The van der Waals surface area contributed by atoms with Gasteiger partial charge in [-0.2, -0.15) is 0 Å². The van der Waals surface area contributed by atoms with Crippen LogP contribution in [0.2, 0.25) is 0 Å². The van der Waals surface area contributed by atoms with Crippen molar-refractivity contribution >= 4 is 21.8 Å². The standard InChI is InChI=1S/C19H19BrN4O/c1-13-12-16(8-9-17(13)20)24-14(2)18(22-23-24)19(25)21-11-10-15-6-4-3-5-7-15/h3-9,12H,10-11H2,1-2H3,(H,21,25). The second-order valence-electron chi connectivity index (χ2n) is 5.86. The molecular weight excluding hydrogens is 380 g/mol. The second kappa shape index (κ2) is 7.61. The maximum absolute atomic E-state index is 12.4. The van der Waals surface area contributed by atoms with Gasteiger partial charge in [0.1, 0.15) is 0 Å². The third kappa shape index (κ3) is 3.96. The number of benzene rings is 2. The predicted molar refractivity (Wildman–Crippen MR) is 101 cm³/mol. The Balaban J connectivity index is 1.69. The van der Waals surface area contributed by atoms with Gasteiger partial charge in [-0.15, -0.1) is 5.10 Å². The summed E-state index contributed by atoms with van der Waals surface area (Å²) in [6, 6.07) is 16.0. The van der Waals surface area contributed by atoms with Gasteiger partial charge in [0, 0.05) is 11.0 Å². The predicted octanol–water partition coefficient (Wildman–Crippen LogP) is 3.62. The molecule has 0 fully saturated rings. The van der Waals surface area contributed by atoms with Gasteiger partial charge >= 0.3 is 0 Å². The fourth-order valence-electron chi connectivity index (χ4n) is 2.59. The average molecular weight is 399 g/mol. The molecule has 0 radical (unpaired) electrons. The number of amides is 1. The minimum Gasteiger partial charge on any atom is -0.350 e. The van der Waals surface area contributed by atoms with Crippen LogP contribution in [-0.4, -0.2) is 27.4 Å². The van der Waals surface area contributed by atoms with Crippen LogP contribution in [0.1, 0.15) is 27.3 Å². The summed E-state index contributed by atoms with van der Waals surface area (Å²) < 4.78 is 2.72. The number of aryl methyl sites for hydroxylation is 1. The van der Waals surface area contributed by atoms with Crippen LogP contribution in [-0.2, 0) is 6.42 Å². The van der Waals surface area contributed by atoms with Gasteiger partial charge in [0.2, 0.25) is 0 Å². The molecule has 1 heterocycles. The maximum atomic E-state index is 12.4. The zero-order valence-corrected chi connectivity index (χ0v) is 15.7. The minimum atomic E-state index is -0.200. The van der Waals surface area contributed by atoms with Crippen LogP contribution in [0.4, 0.5) is 0 Å². The lowest BCUT2D eigenvalue weighted by Crippen LogP contribution is -2.26. The fourth-order valence-corrected chi connectivity index (χ4v) is 2.84. The van der Waals surface area contributed by atoms with Gasteiger partial charge in [-0.25, -0.2) is 4.68 Å². The third-order valence-corrected chi connectivity index (χ3v) is 4.93. The van der Waals surface area contributed by atoms with E-state index in [1.54, 1.807) is 4.68 Å². The summed E-state index contributed by atoms with van der Waals surface area (Å²) in [7, 11) is 0. The molecule has 0 unspecified atom stereocenters. The van der Waals surface area contributed by atoms with Gasteiger partial charge in [0.05, 0.1) is 11.4 Å². The first-order valence-electron chi connectivity index (χ1n) is 8.07. The lowest BCUT2D eigenvalue weighted by molar-refractivity contribution is 0.0948. The highest BCUT2D eigenvalue weighted by Crippen LogP contribution is 2.20. The SMILES string of the molecule is Cc1cc(-n2nnc(C(=O)NCCc3ccccc3)c2C)ccc1Br. The Morgan fingerprint density at radius 3 is 2.64 bits per heavy atom. The zero-order valence-electron chi connectivity index (χ0n) is 14.2. The van der Waals surface area contributed by atoms with Crippen LogP contribution in [0.5, 0.6) is 0 Å². The van der Waals surface area contributed by atoms with E-state index in [-0.39, 0.29) is 5.91 Å². The summed E-state index contributed by atoms with van der Waals surface area (Å²) in [5, 5.41) is 11.1. The summed E-state index contributed by atoms with van der Waals surface area (Å²) in [4.78, 5) is 12.4. The Bertz CT molecular complexity index is 890. The van der Waals surface area contributed by atoms with Gasteiger partial charge in [0.25, 0.3) is 5.91 Å². The van der Waals surface area contributed by atoms with Crippen molar-refractivity contribution in [3.8, 4) is 5.69 Å². The fraction of sp³-hybridized carbons (Fsp3) is 0.211. The van der Waals surface area contributed by atoms with Crippen LogP contribution in [0, 0.1) is 13.8 Å². The molecule has 3 aromatic rings. The molecule has 2 aromatic carbocycles. The largest absolute Gasteiger partial charge is 0.350 e. The van der Waals surface area contributed by atoms with Crippen molar-refractivity contribution in [2.45, 2.75) is 20.3 Å². The van der Waals surface area contributed by atoms with E-state index in [1.807, 2.05) is 62.4 Å². The minimum absolute atomic E-state index is 0.200.